The van der Waals surface area contributed by atoms with Gasteiger partial charge in [0.2, 0.25) is 6.10 Å². The Balaban J connectivity index is 2.41. The molecule has 0 spiro atoms. The number of aliphatic hydroxyl groups is 1. The summed E-state index contributed by atoms with van der Waals surface area (Å²) in [7, 11) is 0. The molecule has 0 radical (unpaired) electrons. The normalized spacial score (nSPS) is 17.0. The first-order valence-electron chi connectivity index (χ1n) is 3.82. The Labute approximate surface area is 69.3 Å². The molecular formula is C7H8N4O. The van der Waals surface area contributed by atoms with Crippen molar-refractivity contribution in [3.05, 3.63) is 11.6 Å². The van der Waals surface area contributed by atoms with Crippen LogP contribution in [0.5, 0.6) is 0 Å². The largest absolute Gasteiger partial charge is 0.371 e. The lowest BCUT2D eigenvalue weighted by Gasteiger charge is -2.01. The van der Waals surface area contributed by atoms with E-state index in [1.165, 1.54) is 0 Å². The molecule has 1 N–H and O–H groups in total. The van der Waals surface area contributed by atoms with Gasteiger partial charge in [-0.15, -0.1) is 10.2 Å². The minimum Gasteiger partial charge on any atom is -0.371 e. The van der Waals surface area contributed by atoms with Crippen LogP contribution >= 0.6 is 0 Å². The lowest BCUT2D eigenvalue weighted by molar-refractivity contribution is 0.220. The van der Waals surface area contributed by atoms with Crippen LogP contribution in [0.3, 0.4) is 0 Å². The van der Waals surface area contributed by atoms with Crippen LogP contribution in [0.2, 0.25) is 0 Å². The van der Waals surface area contributed by atoms with Gasteiger partial charge < -0.3 is 9.67 Å². The van der Waals surface area contributed by atoms with E-state index in [1.54, 1.807) is 6.07 Å². The van der Waals surface area contributed by atoms with Crippen molar-refractivity contribution in [2.24, 2.45) is 0 Å². The molecule has 1 aromatic heterocycles. The zero-order valence-corrected chi connectivity index (χ0v) is 6.43. The van der Waals surface area contributed by atoms with Gasteiger partial charge >= 0.3 is 0 Å². The molecule has 0 unspecified atom stereocenters. The number of aryl methyl sites for hydroxylation is 1. The molecule has 1 aliphatic heterocycles. The molecule has 2 rings (SSSR count). The molecule has 12 heavy (non-hydrogen) atoms. The second-order valence-corrected chi connectivity index (χ2v) is 2.76. The standard InChI is InChI=1S/C7H8N4O/c8-4-5(12)7-10-9-6-2-1-3-11(6)7/h5,12H,1-3H2/t5-/m1/s1. The van der Waals surface area contributed by atoms with Gasteiger partial charge in [0.15, 0.2) is 5.82 Å². The number of aliphatic hydroxyl groups excluding tert-OH is 1. The van der Waals surface area contributed by atoms with Gasteiger partial charge in [0.25, 0.3) is 0 Å². The van der Waals surface area contributed by atoms with E-state index >= 15 is 0 Å². The summed E-state index contributed by atoms with van der Waals surface area (Å²) < 4.78 is 1.81. The lowest BCUT2D eigenvalue weighted by atomic mass is 10.3. The third kappa shape index (κ3) is 0.889. The summed E-state index contributed by atoms with van der Waals surface area (Å²) in [5.74, 6) is 1.25. The number of hydrogen-bond acceptors (Lipinski definition) is 4. The molecular weight excluding hydrogens is 156 g/mol. The minimum atomic E-state index is -1.13. The third-order valence-corrected chi connectivity index (χ3v) is 2.00. The van der Waals surface area contributed by atoms with Gasteiger partial charge in [-0.1, -0.05) is 0 Å². The summed E-state index contributed by atoms with van der Waals surface area (Å²) >= 11 is 0. The van der Waals surface area contributed by atoms with Crippen LogP contribution in [0.25, 0.3) is 0 Å². The second kappa shape index (κ2) is 2.57. The summed E-state index contributed by atoms with van der Waals surface area (Å²) in [5, 5.41) is 25.3. The Kier molecular flexibility index (Phi) is 1.55. The van der Waals surface area contributed by atoms with Crippen LogP contribution in [0.1, 0.15) is 24.2 Å². The molecule has 5 nitrogen and oxygen atoms in total. The van der Waals surface area contributed by atoms with Crippen molar-refractivity contribution in [1.29, 1.82) is 5.26 Å². The quantitative estimate of drug-likeness (QED) is 0.582. The molecule has 0 aliphatic carbocycles. The number of aromatic nitrogens is 3. The molecule has 0 bridgehead atoms. The molecule has 1 aliphatic rings. The van der Waals surface area contributed by atoms with Gasteiger partial charge in [0, 0.05) is 13.0 Å². The van der Waals surface area contributed by atoms with E-state index in [9.17, 15) is 5.11 Å². The van der Waals surface area contributed by atoms with Crippen molar-refractivity contribution in [2.45, 2.75) is 25.5 Å². The fourth-order valence-electron chi connectivity index (χ4n) is 1.43. The summed E-state index contributed by atoms with van der Waals surface area (Å²) in [6, 6.07) is 1.73. The zero-order chi connectivity index (χ0) is 8.55. The highest BCUT2D eigenvalue weighted by atomic mass is 16.3. The van der Waals surface area contributed by atoms with Crippen molar-refractivity contribution in [1.82, 2.24) is 14.8 Å². The zero-order valence-electron chi connectivity index (χ0n) is 6.43. The van der Waals surface area contributed by atoms with Crippen LogP contribution in [0.4, 0.5) is 0 Å². The summed E-state index contributed by atoms with van der Waals surface area (Å²) in [5.41, 5.74) is 0. The van der Waals surface area contributed by atoms with Crippen molar-refractivity contribution >= 4 is 0 Å². The van der Waals surface area contributed by atoms with Crippen LogP contribution in [-0.2, 0) is 13.0 Å². The van der Waals surface area contributed by atoms with E-state index < -0.39 is 6.10 Å². The van der Waals surface area contributed by atoms with E-state index in [-0.39, 0.29) is 0 Å². The van der Waals surface area contributed by atoms with Gasteiger partial charge in [-0.3, -0.25) is 0 Å². The summed E-state index contributed by atoms with van der Waals surface area (Å²) in [6.07, 6.45) is 0.783. The SMILES string of the molecule is N#C[C@@H](O)c1nnc2n1CCC2. The maximum Gasteiger partial charge on any atom is 0.200 e. The molecule has 0 aromatic carbocycles. The Hall–Kier alpha value is -1.41. The topological polar surface area (TPSA) is 74.7 Å². The smallest absolute Gasteiger partial charge is 0.200 e. The second-order valence-electron chi connectivity index (χ2n) is 2.76. The number of hydrogen-bond donors (Lipinski definition) is 1. The average molecular weight is 164 g/mol. The van der Waals surface area contributed by atoms with E-state index in [4.69, 9.17) is 5.26 Å². The fourth-order valence-corrected chi connectivity index (χ4v) is 1.43. The van der Waals surface area contributed by atoms with Crippen LogP contribution in [-0.4, -0.2) is 19.9 Å². The molecule has 2 heterocycles. The molecule has 1 aromatic rings. The van der Waals surface area contributed by atoms with E-state index in [0.717, 1.165) is 25.2 Å². The predicted molar refractivity (Wildman–Crippen MR) is 38.9 cm³/mol. The fraction of sp³-hybridized carbons (Fsp3) is 0.571. The first kappa shape index (κ1) is 7.25. The van der Waals surface area contributed by atoms with Crippen molar-refractivity contribution in [3.63, 3.8) is 0 Å². The van der Waals surface area contributed by atoms with Crippen LogP contribution in [0.15, 0.2) is 0 Å². The maximum absolute atomic E-state index is 9.20. The minimum absolute atomic E-state index is 0.380. The molecule has 0 saturated carbocycles. The van der Waals surface area contributed by atoms with E-state index in [1.807, 2.05) is 4.57 Å². The highest BCUT2D eigenvalue weighted by molar-refractivity contribution is 5.08. The molecule has 1 atom stereocenters. The van der Waals surface area contributed by atoms with Gasteiger partial charge in [-0.25, -0.2) is 0 Å². The van der Waals surface area contributed by atoms with Gasteiger partial charge in [-0.05, 0) is 6.42 Å². The molecule has 0 saturated heterocycles. The average Bonchev–Trinajstić information content (AvgIpc) is 2.62. The Morgan fingerprint density at radius 3 is 3.17 bits per heavy atom. The van der Waals surface area contributed by atoms with Crippen molar-refractivity contribution < 1.29 is 5.11 Å². The van der Waals surface area contributed by atoms with Crippen molar-refractivity contribution in [2.75, 3.05) is 0 Å². The summed E-state index contributed by atoms with van der Waals surface area (Å²) in [4.78, 5) is 0. The molecule has 62 valence electrons. The number of rotatable bonds is 1. The Morgan fingerprint density at radius 2 is 2.42 bits per heavy atom. The molecule has 0 fully saturated rings. The monoisotopic (exact) mass is 164 g/mol. The van der Waals surface area contributed by atoms with Gasteiger partial charge in [0.05, 0.1) is 0 Å². The Morgan fingerprint density at radius 1 is 1.58 bits per heavy atom. The molecule has 5 heteroatoms. The summed E-state index contributed by atoms with van der Waals surface area (Å²) in [6.45, 7) is 0.816. The van der Waals surface area contributed by atoms with E-state index in [0.29, 0.717) is 5.82 Å². The molecule has 0 amide bonds. The first-order valence-corrected chi connectivity index (χ1v) is 3.82. The third-order valence-electron chi connectivity index (χ3n) is 2.00. The number of fused-ring (bicyclic) bond motifs is 1. The number of nitriles is 1. The van der Waals surface area contributed by atoms with Crippen LogP contribution in [0, 0.1) is 11.3 Å². The number of nitrogens with zero attached hydrogens (tertiary/aromatic N) is 4. The van der Waals surface area contributed by atoms with E-state index in [2.05, 4.69) is 10.2 Å². The van der Waals surface area contributed by atoms with Crippen LogP contribution < -0.4 is 0 Å². The van der Waals surface area contributed by atoms with Crippen molar-refractivity contribution in [3.8, 4) is 6.07 Å². The maximum atomic E-state index is 9.20. The highest BCUT2D eigenvalue weighted by Gasteiger charge is 2.21. The Bertz CT molecular complexity index is 338. The lowest BCUT2D eigenvalue weighted by Crippen LogP contribution is -2.05. The first-order chi connectivity index (χ1) is 5.83. The van der Waals surface area contributed by atoms with Gasteiger partial charge in [0.1, 0.15) is 11.9 Å². The predicted octanol–water partition coefficient (Wildman–Crippen LogP) is -0.219. The highest BCUT2D eigenvalue weighted by Crippen LogP contribution is 2.18. The van der Waals surface area contributed by atoms with Gasteiger partial charge in [-0.2, -0.15) is 5.26 Å².